The van der Waals surface area contributed by atoms with Crippen molar-refractivity contribution >= 4 is 43.5 Å². The van der Waals surface area contributed by atoms with Crippen molar-refractivity contribution in [3.8, 4) is 5.75 Å². The first kappa shape index (κ1) is 17.2. The third-order valence-electron chi connectivity index (χ3n) is 5.12. The van der Waals surface area contributed by atoms with Crippen LogP contribution in [0.15, 0.2) is 24.4 Å². The number of ether oxygens (including phenoxy) is 1. The van der Waals surface area contributed by atoms with Crippen LogP contribution >= 0.6 is 11.3 Å². The molecule has 0 radical (unpaired) electrons. The monoisotopic (exact) mass is 395 g/mol. The van der Waals surface area contributed by atoms with E-state index in [1.54, 1.807) is 23.1 Å². The van der Waals surface area contributed by atoms with Crippen molar-refractivity contribution in [1.82, 2.24) is 24.7 Å². The number of hydrogen-bond acceptors (Lipinski definition) is 8. The zero-order chi connectivity index (χ0) is 19.3. The molecule has 28 heavy (non-hydrogen) atoms. The Morgan fingerprint density at radius 2 is 1.82 bits per heavy atom. The number of hydrogen-bond donors (Lipinski definition) is 0. The zero-order valence-corrected chi connectivity index (χ0v) is 16.9. The molecule has 4 aromatic rings. The van der Waals surface area contributed by atoms with Crippen LogP contribution in [0.4, 0.5) is 10.9 Å². The Morgan fingerprint density at radius 3 is 2.61 bits per heavy atom. The number of rotatable bonds is 3. The highest BCUT2D eigenvalue weighted by Gasteiger charge is 2.24. The standard InChI is InChI=1S/C19H21N7OS/c1-12-21-17-13(11-20-24(17)2)18(22-12)25-7-9-26(10-8-25)19-23-16-14(27-3)5-4-6-15(16)28-19/h4-6,11H,7-10H2,1-3H3. The lowest BCUT2D eigenvalue weighted by Crippen LogP contribution is -2.47. The van der Waals surface area contributed by atoms with Gasteiger partial charge in [-0.1, -0.05) is 17.4 Å². The summed E-state index contributed by atoms with van der Waals surface area (Å²) in [5, 5.41) is 6.40. The van der Waals surface area contributed by atoms with E-state index in [0.717, 1.165) is 70.0 Å². The maximum absolute atomic E-state index is 5.45. The molecular weight excluding hydrogens is 374 g/mol. The van der Waals surface area contributed by atoms with Gasteiger partial charge in [0.15, 0.2) is 10.8 Å². The van der Waals surface area contributed by atoms with Crippen LogP contribution in [0.2, 0.25) is 0 Å². The fourth-order valence-electron chi connectivity index (χ4n) is 3.68. The van der Waals surface area contributed by atoms with Crippen LogP contribution in [0.5, 0.6) is 5.75 Å². The minimum Gasteiger partial charge on any atom is -0.494 e. The van der Waals surface area contributed by atoms with Crippen molar-refractivity contribution in [2.24, 2.45) is 7.05 Å². The van der Waals surface area contributed by atoms with Gasteiger partial charge in [-0.2, -0.15) is 5.10 Å². The highest BCUT2D eigenvalue weighted by Crippen LogP contribution is 2.34. The summed E-state index contributed by atoms with van der Waals surface area (Å²) in [7, 11) is 3.60. The second kappa shape index (κ2) is 6.59. The summed E-state index contributed by atoms with van der Waals surface area (Å²) in [6.07, 6.45) is 1.86. The normalized spacial score (nSPS) is 15.0. The Labute approximate surface area is 166 Å². The van der Waals surface area contributed by atoms with Crippen LogP contribution in [0.3, 0.4) is 0 Å². The molecule has 4 heterocycles. The Balaban J connectivity index is 1.40. The van der Waals surface area contributed by atoms with Gasteiger partial charge in [0.05, 0.1) is 23.4 Å². The van der Waals surface area contributed by atoms with Gasteiger partial charge in [0.1, 0.15) is 22.9 Å². The maximum Gasteiger partial charge on any atom is 0.186 e. The first-order valence-electron chi connectivity index (χ1n) is 9.24. The lowest BCUT2D eigenvalue weighted by atomic mass is 10.3. The smallest absolute Gasteiger partial charge is 0.186 e. The minimum atomic E-state index is 0.770. The Bertz CT molecular complexity index is 1160. The molecule has 0 spiro atoms. The van der Waals surface area contributed by atoms with Gasteiger partial charge in [0.25, 0.3) is 0 Å². The Kier molecular flexibility index (Phi) is 4.04. The van der Waals surface area contributed by atoms with E-state index in [0.29, 0.717) is 0 Å². The molecule has 0 N–H and O–H groups in total. The largest absolute Gasteiger partial charge is 0.494 e. The molecule has 0 amide bonds. The summed E-state index contributed by atoms with van der Waals surface area (Å²) in [4.78, 5) is 18.7. The number of anilines is 2. The fourth-order valence-corrected chi connectivity index (χ4v) is 4.71. The van der Waals surface area contributed by atoms with Crippen molar-refractivity contribution in [2.45, 2.75) is 6.92 Å². The van der Waals surface area contributed by atoms with Crippen LogP contribution in [0.25, 0.3) is 21.3 Å². The van der Waals surface area contributed by atoms with Crippen LogP contribution in [-0.4, -0.2) is 58.0 Å². The molecule has 9 heteroatoms. The first-order valence-corrected chi connectivity index (χ1v) is 10.1. The molecule has 0 aliphatic carbocycles. The van der Waals surface area contributed by atoms with E-state index < -0.39 is 0 Å². The molecule has 0 unspecified atom stereocenters. The lowest BCUT2D eigenvalue weighted by molar-refractivity contribution is 0.419. The number of para-hydroxylation sites is 1. The summed E-state index contributed by atoms with van der Waals surface area (Å²) in [6.45, 7) is 5.49. The summed E-state index contributed by atoms with van der Waals surface area (Å²) < 4.78 is 8.41. The highest BCUT2D eigenvalue weighted by atomic mass is 32.1. The SMILES string of the molecule is COc1cccc2sc(N3CCN(c4nc(C)nc5c4cnn5C)CC3)nc12. The minimum absolute atomic E-state index is 0.770. The third-order valence-corrected chi connectivity index (χ3v) is 6.21. The molecule has 0 atom stereocenters. The van der Waals surface area contributed by atoms with E-state index in [4.69, 9.17) is 14.7 Å². The number of thiazole rings is 1. The zero-order valence-electron chi connectivity index (χ0n) is 16.1. The summed E-state index contributed by atoms with van der Waals surface area (Å²) >= 11 is 1.72. The molecule has 8 nitrogen and oxygen atoms in total. The van der Waals surface area contributed by atoms with Crippen molar-refractivity contribution < 1.29 is 4.74 Å². The number of fused-ring (bicyclic) bond motifs is 2. The molecule has 1 aromatic carbocycles. The number of aromatic nitrogens is 5. The predicted octanol–water partition coefficient (Wildman–Crippen LogP) is 2.62. The van der Waals surface area contributed by atoms with Crippen LogP contribution in [0.1, 0.15) is 5.82 Å². The molecule has 1 fully saturated rings. The van der Waals surface area contributed by atoms with Gasteiger partial charge in [0.2, 0.25) is 0 Å². The van der Waals surface area contributed by atoms with E-state index >= 15 is 0 Å². The topological polar surface area (TPSA) is 72.2 Å². The van der Waals surface area contributed by atoms with E-state index in [1.165, 1.54) is 0 Å². The fraction of sp³-hybridized carbons (Fsp3) is 0.368. The predicted molar refractivity (Wildman–Crippen MR) is 112 cm³/mol. The Hall–Kier alpha value is -2.94. The lowest BCUT2D eigenvalue weighted by Gasteiger charge is -2.35. The van der Waals surface area contributed by atoms with E-state index in [1.807, 2.05) is 32.3 Å². The van der Waals surface area contributed by atoms with Crippen LogP contribution in [0, 0.1) is 6.92 Å². The number of nitrogens with zero attached hydrogens (tertiary/aromatic N) is 7. The quantitative estimate of drug-likeness (QED) is 0.528. The third kappa shape index (κ3) is 2.73. The van der Waals surface area contributed by atoms with E-state index in [2.05, 4.69) is 25.9 Å². The second-order valence-electron chi connectivity index (χ2n) is 6.88. The molecule has 0 saturated carbocycles. The molecule has 1 aliphatic rings. The average molecular weight is 395 g/mol. The molecule has 1 aliphatic heterocycles. The molecule has 0 bridgehead atoms. The molecule has 144 valence electrons. The van der Waals surface area contributed by atoms with Crippen molar-refractivity contribution in [3.05, 3.63) is 30.2 Å². The van der Waals surface area contributed by atoms with Gasteiger partial charge in [-0.15, -0.1) is 0 Å². The van der Waals surface area contributed by atoms with Crippen LogP contribution in [-0.2, 0) is 7.05 Å². The van der Waals surface area contributed by atoms with Crippen molar-refractivity contribution in [2.75, 3.05) is 43.1 Å². The first-order chi connectivity index (χ1) is 13.6. The maximum atomic E-state index is 5.45. The number of benzene rings is 1. The van der Waals surface area contributed by atoms with Gasteiger partial charge in [-0.25, -0.2) is 15.0 Å². The second-order valence-corrected chi connectivity index (χ2v) is 7.89. The number of aryl methyl sites for hydroxylation is 2. The van der Waals surface area contributed by atoms with Crippen LogP contribution < -0.4 is 14.5 Å². The van der Waals surface area contributed by atoms with Gasteiger partial charge >= 0.3 is 0 Å². The van der Waals surface area contributed by atoms with Gasteiger partial charge < -0.3 is 14.5 Å². The summed E-state index contributed by atoms with van der Waals surface area (Å²) in [5.41, 5.74) is 1.82. The van der Waals surface area contributed by atoms with Gasteiger partial charge in [0, 0.05) is 33.2 Å². The molecule has 5 rings (SSSR count). The van der Waals surface area contributed by atoms with Crippen molar-refractivity contribution in [1.29, 1.82) is 0 Å². The van der Waals surface area contributed by atoms with Gasteiger partial charge in [-0.3, -0.25) is 4.68 Å². The summed E-state index contributed by atoms with van der Waals surface area (Å²) in [5.74, 6) is 2.57. The summed E-state index contributed by atoms with van der Waals surface area (Å²) in [6, 6.07) is 6.07. The number of methoxy groups -OCH3 is 1. The Morgan fingerprint density at radius 1 is 1.04 bits per heavy atom. The number of piperazine rings is 1. The molecule has 3 aromatic heterocycles. The van der Waals surface area contributed by atoms with Gasteiger partial charge in [-0.05, 0) is 19.1 Å². The van der Waals surface area contributed by atoms with E-state index in [9.17, 15) is 0 Å². The molecule has 1 saturated heterocycles. The van der Waals surface area contributed by atoms with Crippen molar-refractivity contribution in [3.63, 3.8) is 0 Å². The highest BCUT2D eigenvalue weighted by molar-refractivity contribution is 7.22. The average Bonchev–Trinajstić information content (AvgIpc) is 3.31. The van der Waals surface area contributed by atoms with E-state index in [-0.39, 0.29) is 0 Å². The molecular formula is C19H21N7OS.